The van der Waals surface area contributed by atoms with Crippen LogP contribution in [-0.4, -0.2) is 153 Å². The number of aliphatic hydroxyl groups is 3. The zero-order valence-corrected chi connectivity index (χ0v) is 45.4. The number of ketones is 3. The maximum absolute atomic E-state index is 14.4. The van der Waals surface area contributed by atoms with E-state index in [0.717, 1.165) is 0 Å². The average molecular weight is 1080 g/mol. The van der Waals surface area contributed by atoms with Crippen LogP contribution in [0.2, 0.25) is 0 Å². The Morgan fingerprint density at radius 1 is 0.766 bits per heavy atom. The molecule has 1 saturated heterocycles. The number of amides is 5. The Kier molecular flexibility index (Phi) is 21.3. The van der Waals surface area contributed by atoms with Gasteiger partial charge in [-0.25, -0.2) is 0 Å². The highest BCUT2D eigenvalue weighted by atomic mass is 16.7. The van der Waals surface area contributed by atoms with Crippen molar-refractivity contribution in [2.75, 3.05) is 20.3 Å². The Bertz CT molecular complexity index is 2540. The Morgan fingerprint density at radius 2 is 1.30 bits per heavy atom. The normalized spacial score (nSPS) is 22.9. The van der Waals surface area contributed by atoms with Crippen molar-refractivity contribution in [3.8, 4) is 17.2 Å². The Balaban J connectivity index is 1.40. The molecule has 1 heterocycles. The first-order chi connectivity index (χ1) is 36.2. The first-order valence-electron chi connectivity index (χ1n) is 26.4. The van der Waals surface area contributed by atoms with Crippen LogP contribution in [0.5, 0.6) is 17.2 Å². The van der Waals surface area contributed by atoms with Gasteiger partial charge in [0.05, 0.1) is 48.1 Å². The lowest BCUT2D eigenvalue weighted by Crippen LogP contribution is -2.61. The smallest absolute Gasteiger partial charge is 0.243 e. The Morgan fingerprint density at radius 3 is 1.83 bits per heavy atom. The van der Waals surface area contributed by atoms with Gasteiger partial charge in [0.2, 0.25) is 35.3 Å². The summed E-state index contributed by atoms with van der Waals surface area (Å²) in [5.74, 6) is -8.02. The number of nitrogens with one attached hydrogen (secondary N) is 5. The lowest BCUT2D eigenvalue weighted by atomic mass is 9.72. The third-order valence-corrected chi connectivity index (χ3v) is 14.1. The largest absolute Gasteiger partial charge is 0.507 e. The molecule has 0 spiro atoms. The molecule has 2 aliphatic carbocycles. The van der Waals surface area contributed by atoms with Gasteiger partial charge in [-0.1, -0.05) is 53.7 Å². The minimum absolute atomic E-state index is 0.0200. The second kappa shape index (κ2) is 26.5. The lowest BCUT2D eigenvalue weighted by Gasteiger charge is -2.43. The molecule has 0 radical (unpaired) electrons. The second-order valence-corrected chi connectivity index (χ2v) is 21.8. The summed E-state index contributed by atoms with van der Waals surface area (Å²) in [5.41, 5.74) is 7.05. The monoisotopic (exact) mass is 1080 g/mol. The van der Waals surface area contributed by atoms with Gasteiger partial charge < -0.3 is 77.8 Å². The summed E-state index contributed by atoms with van der Waals surface area (Å²) in [6.45, 7) is 13.2. The quantitative estimate of drug-likeness (QED) is 0.0411. The third-order valence-electron chi connectivity index (χ3n) is 14.1. The lowest BCUT2D eigenvalue weighted by molar-refractivity contribution is -0.249. The molecule has 1 fully saturated rings. The summed E-state index contributed by atoms with van der Waals surface area (Å²) in [7, 11) is 1.29. The predicted molar refractivity (Wildman–Crippen MR) is 278 cm³/mol. The summed E-state index contributed by atoms with van der Waals surface area (Å²) in [6.07, 6.45) is -5.51. The Labute approximate surface area is 448 Å². The molecule has 5 rings (SSSR count). The van der Waals surface area contributed by atoms with Crippen molar-refractivity contribution in [2.24, 2.45) is 29.2 Å². The minimum Gasteiger partial charge on any atom is -0.507 e. The summed E-state index contributed by atoms with van der Waals surface area (Å²) in [4.78, 5) is 110. The van der Waals surface area contributed by atoms with E-state index < -0.39 is 155 Å². The molecule has 0 unspecified atom stereocenters. The van der Waals surface area contributed by atoms with E-state index in [1.807, 2.05) is 41.5 Å². The SMILES string of the molecule is COc1cccc2c1C(=O)c1c(O)c3c(c(O)c1C2=O)C[C@@](O)(C(=O)CO)C[C@@H]3O[C@H]1C[C@H](NC(=O)[C@H](CC(C)C)NC(=O)[C@H](CC(C)C)NC(=O)[C@H](CCCCN)NC(=O)[C@H](CC(C)C)NC(=O)[C@@H](C)N)[C@H](O)[C@H](C)O1. The van der Waals surface area contributed by atoms with Crippen molar-refractivity contribution >= 4 is 46.9 Å². The number of methoxy groups -OCH3 is 1. The highest BCUT2D eigenvalue weighted by molar-refractivity contribution is 6.31. The summed E-state index contributed by atoms with van der Waals surface area (Å²) >= 11 is 0. The van der Waals surface area contributed by atoms with Crippen LogP contribution in [0.4, 0.5) is 0 Å². The van der Waals surface area contributed by atoms with Gasteiger partial charge in [-0.15, -0.1) is 0 Å². The van der Waals surface area contributed by atoms with Crippen molar-refractivity contribution in [3.05, 3.63) is 51.6 Å². The van der Waals surface area contributed by atoms with E-state index in [9.17, 15) is 63.9 Å². The van der Waals surface area contributed by atoms with Crippen LogP contribution in [0.25, 0.3) is 0 Å². The molecule has 0 bridgehead atoms. The van der Waals surface area contributed by atoms with E-state index in [0.29, 0.717) is 19.4 Å². The number of phenolic OH excluding ortho intramolecular Hbond substituents is 2. The van der Waals surface area contributed by atoms with Crippen LogP contribution >= 0.6 is 0 Å². The zero-order chi connectivity index (χ0) is 57.4. The molecule has 77 heavy (non-hydrogen) atoms. The number of ether oxygens (including phenoxy) is 3. The van der Waals surface area contributed by atoms with E-state index in [2.05, 4.69) is 26.6 Å². The topological polar surface area (TPSA) is 378 Å². The second-order valence-electron chi connectivity index (χ2n) is 21.8. The maximum atomic E-state index is 14.4. The summed E-state index contributed by atoms with van der Waals surface area (Å²) in [6, 6.07) is -2.38. The molecule has 23 nitrogen and oxygen atoms in total. The molecule has 1 aliphatic heterocycles. The molecular formula is C54H79N7O16. The number of Topliss-reactive ketones (excluding diaryl/α,β-unsaturated/α-hetero) is 1. The van der Waals surface area contributed by atoms with Gasteiger partial charge >= 0.3 is 0 Å². The van der Waals surface area contributed by atoms with Crippen LogP contribution < -0.4 is 42.8 Å². The third kappa shape index (κ3) is 14.5. The van der Waals surface area contributed by atoms with Gasteiger partial charge in [0.25, 0.3) is 0 Å². The van der Waals surface area contributed by atoms with Crippen LogP contribution in [0.1, 0.15) is 156 Å². The number of unbranched alkanes of at least 4 members (excludes halogenated alkanes) is 1. The number of carbonyl (C=O) groups excluding carboxylic acids is 8. The number of hydrogen-bond acceptors (Lipinski definition) is 18. The fraction of sp³-hybridized carbons (Fsp3) is 0.630. The number of phenols is 2. The number of nitrogens with two attached hydrogens (primary N) is 2. The standard InChI is InChI=1S/C54H79N7O16/c1-24(2)17-33(59-49(69)27(7)56)51(71)57-31(14-10-11-16-55)50(70)60-35(19-26(5)6)53(73)61-34(18-25(3)4)52(72)58-32-20-39(76-28(8)44(32)64)77-37-22-54(74,38(63)23-62)21-30-41(37)48(68)43-42(46(30)66)45(65)29-13-12-15-36(75-9)40(29)47(43)67/h12-13,15,24-28,31-35,37,39,44,62,64,66,68,74H,10-11,14,16-23,55-56H2,1-9H3,(H,57,71)(H,58,72)(H,59,69)(H,60,70)(H,61,73)/t27-,28+,31+,32+,33+,34+,35+,37+,39+,44-,54+/m1/s1. The fourth-order valence-corrected chi connectivity index (χ4v) is 10.1. The average Bonchev–Trinajstić information content (AvgIpc) is 3.35. The molecule has 2 aromatic rings. The number of aromatic hydroxyl groups is 2. The van der Waals surface area contributed by atoms with Crippen LogP contribution in [0.3, 0.4) is 0 Å². The Hall–Kier alpha value is -6.08. The zero-order valence-electron chi connectivity index (χ0n) is 45.4. The highest BCUT2D eigenvalue weighted by Crippen LogP contribution is 2.52. The van der Waals surface area contributed by atoms with Gasteiger partial charge in [0.15, 0.2) is 17.9 Å². The van der Waals surface area contributed by atoms with E-state index in [1.165, 1.54) is 39.2 Å². The molecule has 3 aliphatic rings. The summed E-state index contributed by atoms with van der Waals surface area (Å²) in [5, 5.41) is 70.7. The number of fused-ring (bicyclic) bond motifs is 3. The number of aliphatic hydroxyl groups excluding tert-OH is 2. The van der Waals surface area contributed by atoms with Crippen LogP contribution in [0.15, 0.2) is 18.2 Å². The van der Waals surface area contributed by atoms with E-state index in [1.54, 1.807) is 0 Å². The van der Waals surface area contributed by atoms with Crippen molar-refractivity contribution in [1.29, 1.82) is 0 Å². The number of carbonyl (C=O) groups is 8. The van der Waals surface area contributed by atoms with Gasteiger partial charge in [0, 0.05) is 36.0 Å². The number of benzene rings is 2. The van der Waals surface area contributed by atoms with Gasteiger partial charge in [-0.05, 0) is 82.7 Å². The highest BCUT2D eigenvalue weighted by Gasteiger charge is 2.51. The van der Waals surface area contributed by atoms with Crippen molar-refractivity contribution < 1.29 is 78.1 Å². The predicted octanol–water partition coefficient (Wildman–Crippen LogP) is 0.713. The molecule has 11 atom stereocenters. The molecule has 2 aromatic carbocycles. The molecule has 0 saturated carbocycles. The van der Waals surface area contributed by atoms with E-state index >= 15 is 0 Å². The molecule has 0 aromatic heterocycles. The van der Waals surface area contributed by atoms with Crippen molar-refractivity contribution in [2.45, 2.75) is 180 Å². The molecule has 5 amide bonds. The first-order valence-corrected chi connectivity index (χ1v) is 26.4. The van der Waals surface area contributed by atoms with E-state index in [-0.39, 0.29) is 77.9 Å². The first kappa shape index (κ1) is 61.8. The molecule has 426 valence electrons. The van der Waals surface area contributed by atoms with Crippen molar-refractivity contribution in [1.82, 2.24) is 26.6 Å². The minimum atomic E-state index is -2.44. The van der Waals surface area contributed by atoms with Gasteiger partial charge in [-0.3, -0.25) is 38.4 Å². The molecule has 14 N–H and O–H groups in total. The van der Waals surface area contributed by atoms with Gasteiger partial charge in [0.1, 0.15) is 59.7 Å². The fourth-order valence-electron chi connectivity index (χ4n) is 10.1. The maximum Gasteiger partial charge on any atom is 0.243 e. The molecule has 23 heteroatoms. The van der Waals surface area contributed by atoms with Crippen LogP contribution in [-0.2, 0) is 44.7 Å². The van der Waals surface area contributed by atoms with Crippen LogP contribution in [0, 0.1) is 17.8 Å². The molecular weight excluding hydrogens is 1000 g/mol. The van der Waals surface area contributed by atoms with Crippen molar-refractivity contribution in [3.63, 3.8) is 0 Å². The number of rotatable bonds is 25. The number of hydrogen-bond donors (Lipinski definition) is 12. The van der Waals surface area contributed by atoms with Gasteiger partial charge in [-0.2, -0.15) is 0 Å². The summed E-state index contributed by atoms with van der Waals surface area (Å²) < 4.78 is 17.7. The van der Waals surface area contributed by atoms with E-state index in [4.69, 9.17) is 25.7 Å².